The van der Waals surface area contributed by atoms with Gasteiger partial charge < -0.3 is 29.7 Å². The van der Waals surface area contributed by atoms with Crippen LogP contribution in [-0.4, -0.2) is 65.9 Å². The van der Waals surface area contributed by atoms with Gasteiger partial charge in [0.05, 0.1) is 32.0 Å². The van der Waals surface area contributed by atoms with Crippen molar-refractivity contribution in [3.05, 3.63) is 65.2 Å². The summed E-state index contributed by atoms with van der Waals surface area (Å²) in [6, 6.07) is 15.2. The van der Waals surface area contributed by atoms with E-state index in [9.17, 15) is 14.7 Å². The number of morpholine rings is 1. The van der Waals surface area contributed by atoms with Crippen molar-refractivity contribution >= 4 is 17.6 Å². The number of aliphatic hydroxyl groups is 1. The number of hydrogen-bond acceptors (Lipinski definition) is 7. The van der Waals surface area contributed by atoms with Crippen LogP contribution in [0.15, 0.2) is 48.5 Å². The number of amides is 1. The molecule has 0 aliphatic carbocycles. The number of aliphatic carboxylic acids is 1. The number of ether oxygens (including phenoxy) is 3. The highest BCUT2D eigenvalue weighted by Gasteiger charge is 2.33. The summed E-state index contributed by atoms with van der Waals surface area (Å²) in [7, 11) is 0. The molecule has 0 radical (unpaired) electrons. The lowest BCUT2D eigenvalue weighted by atomic mass is 9.99. The summed E-state index contributed by atoms with van der Waals surface area (Å²) in [6.07, 6.45) is 0.397. The molecule has 0 spiro atoms. The number of nitrogens with one attached hydrogen (secondary N) is 1. The summed E-state index contributed by atoms with van der Waals surface area (Å²) >= 11 is 0. The van der Waals surface area contributed by atoms with Crippen molar-refractivity contribution < 1.29 is 34.0 Å². The van der Waals surface area contributed by atoms with Gasteiger partial charge in [-0.3, -0.25) is 14.5 Å². The molecule has 0 bridgehead atoms. The molecule has 2 aliphatic heterocycles. The third kappa shape index (κ3) is 7.59. The molecule has 36 heavy (non-hydrogen) atoms. The SMILES string of the molecule is O=C(O)CCCC(=O)Nc1ccc([C@H]2O[C@@H](CN3CCOCC3)C[C@@H](c3ccc(CO)cc3)O2)cc1. The summed E-state index contributed by atoms with van der Waals surface area (Å²) in [5, 5.41) is 20.9. The number of anilines is 1. The largest absolute Gasteiger partial charge is 0.481 e. The first-order chi connectivity index (χ1) is 17.5. The van der Waals surface area contributed by atoms with Crippen LogP contribution >= 0.6 is 0 Å². The predicted molar refractivity (Wildman–Crippen MR) is 132 cm³/mol. The minimum Gasteiger partial charge on any atom is -0.481 e. The van der Waals surface area contributed by atoms with Crippen LogP contribution in [0.3, 0.4) is 0 Å². The molecule has 1 amide bonds. The minimum atomic E-state index is -0.908. The van der Waals surface area contributed by atoms with Crippen LogP contribution in [0, 0.1) is 0 Å². The molecule has 9 nitrogen and oxygen atoms in total. The Morgan fingerprint density at radius 3 is 2.31 bits per heavy atom. The van der Waals surface area contributed by atoms with Crippen LogP contribution < -0.4 is 5.32 Å². The normalized spacial score (nSPS) is 22.8. The molecular formula is C27H34N2O7. The van der Waals surface area contributed by atoms with Gasteiger partial charge in [0.1, 0.15) is 0 Å². The molecule has 2 aromatic rings. The van der Waals surface area contributed by atoms with E-state index in [0.29, 0.717) is 12.1 Å². The Morgan fingerprint density at radius 1 is 0.944 bits per heavy atom. The number of rotatable bonds is 10. The van der Waals surface area contributed by atoms with Crippen molar-refractivity contribution in [1.29, 1.82) is 0 Å². The highest BCUT2D eigenvalue weighted by atomic mass is 16.7. The van der Waals surface area contributed by atoms with Gasteiger partial charge in [-0.1, -0.05) is 36.4 Å². The molecule has 9 heteroatoms. The zero-order valence-corrected chi connectivity index (χ0v) is 20.3. The van der Waals surface area contributed by atoms with Gasteiger partial charge in [-0.15, -0.1) is 0 Å². The van der Waals surface area contributed by atoms with Crippen molar-refractivity contribution in [1.82, 2.24) is 4.90 Å². The lowest BCUT2D eigenvalue weighted by Crippen LogP contribution is -2.44. The maximum Gasteiger partial charge on any atom is 0.303 e. The predicted octanol–water partition coefficient (Wildman–Crippen LogP) is 3.25. The molecular weight excluding hydrogens is 464 g/mol. The first-order valence-corrected chi connectivity index (χ1v) is 12.4. The fourth-order valence-electron chi connectivity index (χ4n) is 4.45. The number of benzene rings is 2. The highest BCUT2D eigenvalue weighted by Crippen LogP contribution is 2.38. The lowest BCUT2D eigenvalue weighted by molar-refractivity contribution is -0.253. The molecule has 2 heterocycles. The second-order valence-corrected chi connectivity index (χ2v) is 9.18. The highest BCUT2D eigenvalue weighted by molar-refractivity contribution is 5.90. The zero-order valence-electron chi connectivity index (χ0n) is 20.3. The monoisotopic (exact) mass is 498 g/mol. The van der Waals surface area contributed by atoms with Crippen molar-refractivity contribution in [3.63, 3.8) is 0 Å². The fraction of sp³-hybridized carbons (Fsp3) is 0.481. The van der Waals surface area contributed by atoms with Crippen LogP contribution in [0.4, 0.5) is 5.69 Å². The third-order valence-electron chi connectivity index (χ3n) is 6.44. The van der Waals surface area contributed by atoms with Crippen molar-refractivity contribution in [3.8, 4) is 0 Å². The summed E-state index contributed by atoms with van der Waals surface area (Å²) in [5.41, 5.74) is 3.38. The summed E-state index contributed by atoms with van der Waals surface area (Å²) in [4.78, 5) is 25.1. The molecule has 2 saturated heterocycles. The van der Waals surface area contributed by atoms with E-state index in [2.05, 4.69) is 10.2 Å². The number of carbonyl (C=O) groups excluding carboxylic acids is 1. The van der Waals surface area contributed by atoms with Gasteiger partial charge in [-0.25, -0.2) is 0 Å². The summed E-state index contributed by atoms with van der Waals surface area (Å²) in [5.74, 6) is -1.12. The molecule has 2 aromatic carbocycles. The van der Waals surface area contributed by atoms with Gasteiger partial charge in [-0.2, -0.15) is 0 Å². The Balaban J connectivity index is 1.43. The van der Waals surface area contributed by atoms with Gasteiger partial charge in [0.15, 0.2) is 6.29 Å². The van der Waals surface area contributed by atoms with E-state index in [1.165, 1.54) is 0 Å². The molecule has 4 rings (SSSR count). The molecule has 0 aromatic heterocycles. The van der Waals surface area contributed by atoms with Crippen molar-refractivity contribution in [2.45, 2.75) is 50.8 Å². The van der Waals surface area contributed by atoms with E-state index >= 15 is 0 Å². The van der Waals surface area contributed by atoms with E-state index in [1.807, 2.05) is 36.4 Å². The molecule has 2 aliphatic rings. The number of carboxylic acids is 1. The first-order valence-electron chi connectivity index (χ1n) is 12.4. The van der Waals surface area contributed by atoms with Gasteiger partial charge >= 0.3 is 5.97 Å². The second-order valence-electron chi connectivity index (χ2n) is 9.18. The number of aliphatic hydroxyl groups excluding tert-OH is 1. The smallest absolute Gasteiger partial charge is 0.303 e. The standard InChI is InChI=1S/C27H34N2O7/c30-18-19-4-6-20(7-5-19)24-16-23(17-29-12-14-34-15-13-29)35-27(36-24)21-8-10-22(11-9-21)28-25(31)2-1-3-26(32)33/h4-11,23-24,27,30H,1-3,12-18H2,(H,28,31)(H,32,33)/t23-,24+,27+/m1/s1. The van der Waals surface area contributed by atoms with Gasteiger partial charge in [-0.05, 0) is 29.7 Å². The maximum atomic E-state index is 12.1. The fourth-order valence-corrected chi connectivity index (χ4v) is 4.45. The van der Waals surface area contributed by atoms with Crippen LogP contribution in [0.5, 0.6) is 0 Å². The van der Waals surface area contributed by atoms with Gasteiger partial charge in [0, 0.05) is 50.1 Å². The van der Waals surface area contributed by atoms with Crippen LogP contribution in [0.2, 0.25) is 0 Å². The maximum absolute atomic E-state index is 12.1. The van der Waals surface area contributed by atoms with E-state index in [4.69, 9.17) is 19.3 Å². The Hall–Kier alpha value is -2.82. The van der Waals surface area contributed by atoms with E-state index in [1.54, 1.807) is 12.1 Å². The number of carbonyl (C=O) groups is 2. The molecule has 2 fully saturated rings. The van der Waals surface area contributed by atoms with Gasteiger partial charge in [0.25, 0.3) is 0 Å². The average molecular weight is 499 g/mol. The summed E-state index contributed by atoms with van der Waals surface area (Å²) < 4.78 is 18.2. The lowest BCUT2D eigenvalue weighted by Gasteiger charge is -2.39. The van der Waals surface area contributed by atoms with Crippen LogP contribution in [0.25, 0.3) is 0 Å². The zero-order chi connectivity index (χ0) is 25.3. The second kappa shape index (κ2) is 12.9. The van der Waals surface area contributed by atoms with E-state index in [0.717, 1.165) is 56.0 Å². The quantitative estimate of drug-likeness (QED) is 0.457. The molecule has 3 atom stereocenters. The van der Waals surface area contributed by atoms with Crippen LogP contribution in [-0.2, 0) is 30.4 Å². The Bertz CT molecular complexity index is 990. The Morgan fingerprint density at radius 2 is 1.64 bits per heavy atom. The topological polar surface area (TPSA) is 118 Å². The third-order valence-corrected chi connectivity index (χ3v) is 6.44. The summed E-state index contributed by atoms with van der Waals surface area (Å²) in [6.45, 7) is 3.99. The molecule has 0 unspecified atom stereocenters. The van der Waals surface area contributed by atoms with E-state index < -0.39 is 12.3 Å². The number of nitrogens with zero attached hydrogens (tertiary/aromatic N) is 1. The minimum absolute atomic E-state index is 0.000355. The van der Waals surface area contributed by atoms with Crippen molar-refractivity contribution in [2.75, 3.05) is 38.2 Å². The Kier molecular flexibility index (Phi) is 9.43. The average Bonchev–Trinajstić information content (AvgIpc) is 2.89. The molecule has 3 N–H and O–H groups in total. The van der Waals surface area contributed by atoms with Gasteiger partial charge in [0.2, 0.25) is 5.91 Å². The van der Waals surface area contributed by atoms with Crippen molar-refractivity contribution in [2.24, 2.45) is 0 Å². The first kappa shape index (κ1) is 26.2. The Labute approximate surface area is 211 Å². The number of hydrogen-bond donors (Lipinski definition) is 3. The van der Waals surface area contributed by atoms with Crippen LogP contribution in [0.1, 0.15) is 54.8 Å². The number of carboxylic acid groups (broad SMARTS) is 1. The van der Waals surface area contributed by atoms with E-state index in [-0.39, 0.29) is 37.6 Å². The molecule has 194 valence electrons. The molecule has 0 saturated carbocycles.